The minimum Gasteiger partial charge on any atom is -0.494 e. The van der Waals surface area contributed by atoms with Crippen LogP contribution in [-0.4, -0.2) is 43.1 Å². The molecule has 0 unspecified atom stereocenters. The summed E-state index contributed by atoms with van der Waals surface area (Å²) in [5.41, 5.74) is 0.532. The van der Waals surface area contributed by atoms with Crippen LogP contribution in [0.3, 0.4) is 0 Å². The quantitative estimate of drug-likeness (QED) is 0.437. The lowest BCUT2D eigenvalue weighted by Gasteiger charge is -2.34. The first kappa shape index (κ1) is 20.5. The van der Waals surface area contributed by atoms with Crippen molar-refractivity contribution in [2.45, 2.75) is 27.2 Å². The van der Waals surface area contributed by atoms with Crippen LogP contribution in [0.4, 0.5) is 0 Å². The summed E-state index contributed by atoms with van der Waals surface area (Å²) in [5.74, 6) is 0.564. The van der Waals surface area contributed by atoms with E-state index in [1.807, 2.05) is 13.0 Å². The van der Waals surface area contributed by atoms with Crippen molar-refractivity contribution in [3.8, 4) is 11.8 Å². The number of nitriles is 1. The molecule has 2 rings (SSSR count). The van der Waals surface area contributed by atoms with E-state index in [1.165, 1.54) is 6.08 Å². The van der Waals surface area contributed by atoms with E-state index in [9.17, 15) is 14.9 Å². The van der Waals surface area contributed by atoms with Gasteiger partial charge in [-0.3, -0.25) is 4.79 Å². The lowest BCUT2D eigenvalue weighted by molar-refractivity contribution is -0.149. The lowest BCUT2D eigenvalue weighted by atomic mass is 9.92. The third kappa shape index (κ3) is 6.14. The molecule has 0 aliphatic carbocycles. The van der Waals surface area contributed by atoms with Gasteiger partial charge in [0.15, 0.2) is 6.61 Å². The summed E-state index contributed by atoms with van der Waals surface area (Å²) in [5, 5.41) is 9.24. The van der Waals surface area contributed by atoms with Crippen molar-refractivity contribution in [1.82, 2.24) is 4.90 Å². The van der Waals surface area contributed by atoms with Crippen molar-refractivity contribution < 1.29 is 19.1 Å². The predicted octanol–water partition coefficient (Wildman–Crippen LogP) is 3.04. The number of nitrogens with zero attached hydrogens (tertiary/aromatic N) is 2. The second-order valence-corrected chi connectivity index (χ2v) is 6.99. The molecule has 6 nitrogen and oxygen atoms in total. The first-order chi connectivity index (χ1) is 12.9. The molecular weight excluding hydrogens is 344 g/mol. The number of carbonyl (C=O) groups excluding carboxylic acids is 2. The van der Waals surface area contributed by atoms with Gasteiger partial charge < -0.3 is 14.4 Å². The van der Waals surface area contributed by atoms with E-state index in [4.69, 9.17) is 9.47 Å². The Morgan fingerprint density at radius 2 is 1.85 bits per heavy atom. The van der Waals surface area contributed by atoms with Gasteiger partial charge in [0.25, 0.3) is 5.91 Å². The Labute approximate surface area is 160 Å². The van der Waals surface area contributed by atoms with Crippen molar-refractivity contribution in [2.24, 2.45) is 11.8 Å². The van der Waals surface area contributed by atoms with Crippen LogP contribution < -0.4 is 4.74 Å². The van der Waals surface area contributed by atoms with Crippen LogP contribution in [0.2, 0.25) is 0 Å². The van der Waals surface area contributed by atoms with Crippen molar-refractivity contribution >= 4 is 18.0 Å². The molecule has 27 heavy (non-hydrogen) atoms. The van der Waals surface area contributed by atoms with Crippen LogP contribution in [-0.2, 0) is 14.3 Å². The van der Waals surface area contributed by atoms with Crippen LogP contribution in [0.5, 0.6) is 5.75 Å². The fraction of sp³-hybridized carbons (Fsp3) is 0.476. The van der Waals surface area contributed by atoms with Gasteiger partial charge in [-0.25, -0.2) is 4.79 Å². The molecule has 1 aliphatic rings. The average molecular weight is 370 g/mol. The summed E-state index contributed by atoms with van der Waals surface area (Å²) in [7, 11) is 0. The average Bonchev–Trinajstić information content (AvgIpc) is 2.64. The van der Waals surface area contributed by atoms with Crippen LogP contribution >= 0.6 is 0 Å². The number of hydrogen-bond acceptors (Lipinski definition) is 5. The number of rotatable bonds is 6. The first-order valence-electron chi connectivity index (χ1n) is 9.22. The standard InChI is InChI=1S/C21H26N2O4/c1-4-26-19-7-5-17(6-8-19)10-18(11-22)21(25)27-14-20(24)23-12-15(2)9-16(3)13-23/h5-8,10,15-16H,4,9,12-14H2,1-3H3/b18-10+/t15-,16-/m1/s1. The number of piperidine rings is 1. The Hall–Kier alpha value is -2.81. The van der Waals surface area contributed by atoms with Gasteiger partial charge in [-0.05, 0) is 49.0 Å². The Morgan fingerprint density at radius 3 is 2.41 bits per heavy atom. The number of hydrogen-bond donors (Lipinski definition) is 0. The molecule has 0 saturated carbocycles. The van der Waals surface area contributed by atoms with E-state index in [1.54, 1.807) is 29.2 Å². The fourth-order valence-electron chi connectivity index (χ4n) is 3.29. The molecule has 1 saturated heterocycles. The molecule has 1 aromatic rings. The summed E-state index contributed by atoms with van der Waals surface area (Å²) in [4.78, 5) is 26.2. The van der Waals surface area contributed by atoms with Crippen molar-refractivity contribution in [2.75, 3.05) is 26.3 Å². The molecule has 1 fully saturated rings. The normalized spacial score (nSPS) is 19.9. The maximum absolute atomic E-state index is 12.3. The maximum atomic E-state index is 12.3. The summed E-state index contributed by atoms with van der Waals surface area (Å²) in [6.07, 6.45) is 2.53. The minimum absolute atomic E-state index is 0.146. The van der Waals surface area contributed by atoms with Crippen LogP contribution in [0.25, 0.3) is 6.08 Å². The van der Waals surface area contributed by atoms with Crippen molar-refractivity contribution in [1.29, 1.82) is 5.26 Å². The van der Waals surface area contributed by atoms with Crippen molar-refractivity contribution in [3.63, 3.8) is 0 Å². The molecule has 1 heterocycles. The topological polar surface area (TPSA) is 79.6 Å². The van der Waals surface area contributed by atoms with Crippen LogP contribution in [0, 0.1) is 23.2 Å². The zero-order valence-corrected chi connectivity index (χ0v) is 16.1. The Morgan fingerprint density at radius 1 is 1.22 bits per heavy atom. The molecule has 0 spiro atoms. The molecule has 1 amide bonds. The van der Waals surface area contributed by atoms with Crippen molar-refractivity contribution in [3.05, 3.63) is 35.4 Å². The summed E-state index contributed by atoms with van der Waals surface area (Å²) >= 11 is 0. The second-order valence-electron chi connectivity index (χ2n) is 6.99. The number of carbonyl (C=O) groups is 2. The van der Waals surface area contributed by atoms with Gasteiger partial charge in [0.2, 0.25) is 0 Å². The smallest absolute Gasteiger partial charge is 0.349 e. The third-order valence-electron chi connectivity index (χ3n) is 4.39. The second kappa shape index (κ2) is 9.77. The Kier molecular flexibility index (Phi) is 7.42. The first-order valence-corrected chi connectivity index (χ1v) is 9.22. The highest BCUT2D eigenvalue weighted by atomic mass is 16.5. The molecule has 0 radical (unpaired) electrons. The van der Waals surface area contributed by atoms with E-state index in [0.717, 1.165) is 6.42 Å². The largest absolute Gasteiger partial charge is 0.494 e. The molecule has 0 N–H and O–H groups in total. The van der Waals surface area contributed by atoms with Gasteiger partial charge >= 0.3 is 5.97 Å². The summed E-state index contributed by atoms with van der Waals surface area (Å²) in [6, 6.07) is 8.86. The zero-order valence-electron chi connectivity index (χ0n) is 16.1. The molecule has 144 valence electrons. The van der Waals surface area contributed by atoms with Gasteiger partial charge in [0, 0.05) is 13.1 Å². The monoisotopic (exact) mass is 370 g/mol. The van der Waals surface area contributed by atoms with E-state index in [2.05, 4.69) is 13.8 Å². The van der Waals surface area contributed by atoms with Crippen LogP contribution in [0.15, 0.2) is 29.8 Å². The number of ether oxygens (including phenoxy) is 2. The minimum atomic E-state index is -0.794. The predicted molar refractivity (Wildman–Crippen MR) is 102 cm³/mol. The lowest BCUT2D eigenvalue weighted by Crippen LogP contribution is -2.44. The molecule has 6 heteroatoms. The molecule has 0 aromatic heterocycles. The van der Waals surface area contributed by atoms with Gasteiger partial charge in [-0.2, -0.15) is 5.26 Å². The van der Waals surface area contributed by atoms with E-state index >= 15 is 0 Å². The zero-order chi connectivity index (χ0) is 19.8. The molecular formula is C21H26N2O4. The van der Waals surface area contributed by atoms with E-state index in [0.29, 0.717) is 42.8 Å². The van der Waals surface area contributed by atoms with E-state index < -0.39 is 5.97 Å². The van der Waals surface area contributed by atoms with Gasteiger partial charge in [0.05, 0.1) is 6.61 Å². The van der Waals surface area contributed by atoms with Gasteiger partial charge in [-0.1, -0.05) is 26.0 Å². The Bertz CT molecular complexity index is 724. The summed E-state index contributed by atoms with van der Waals surface area (Å²) < 4.78 is 10.4. The number of likely N-dealkylation sites (tertiary alicyclic amines) is 1. The SMILES string of the molecule is CCOc1ccc(/C=C(\C#N)C(=O)OCC(=O)N2C[C@H](C)C[C@@H](C)C2)cc1. The summed E-state index contributed by atoms with van der Waals surface area (Å²) in [6.45, 7) is 7.67. The number of benzene rings is 1. The Balaban J connectivity index is 1.94. The maximum Gasteiger partial charge on any atom is 0.349 e. The highest BCUT2D eigenvalue weighted by molar-refractivity contribution is 5.98. The van der Waals surface area contributed by atoms with E-state index in [-0.39, 0.29) is 18.1 Å². The fourth-order valence-corrected chi connectivity index (χ4v) is 3.29. The highest BCUT2D eigenvalue weighted by Gasteiger charge is 2.26. The number of amides is 1. The number of esters is 1. The van der Waals surface area contributed by atoms with Crippen LogP contribution in [0.1, 0.15) is 32.8 Å². The molecule has 2 atom stereocenters. The molecule has 1 aliphatic heterocycles. The molecule has 0 bridgehead atoms. The highest BCUT2D eigenvalue weighted by Crippen LogP contribution is 2.21. The molecule has 1 aromatic carbocycles. The third-order valence-corrected chi connectivity index (χ3v) is 4.39. The van der Waals surface area contributed by atoms with Gasteiger partial charge in [0.1, 0.15) is 17.4 Å². The van der Waals surface area contributed by atoms with Gasteiger partial charge in [-0.15, -0.1) is 0 Å².